The van der Waals surface area contributed by atoms with Crippen molar-refractivity contribution in [1.82, 2.24) is 0 Å². The van der Waals surface area contributed by atoms with Gasteiger partial charge in [0.25, 0.3) is 0 Å². The summed E-state index contributed by atoms with van der Waals surface area (Å²) in [5.74, 6) is 1.41. The van der Waals surface area contributed by atoms with Crippen LogP contribution in [0.2, 0.25) is 0 Å². The summed E-state index contributed by atoms with van der Waals surface area (Å²) in [6.07, 6.45) is 8.32. The summed E-state index contributed by atoms with van der Waals surface area (Å²) in [4.78, 5) is 10.3. The summed E-state index contributed by atoms with van der Waals surface area (Å²) in [7, 11) is 0. The Morgan fingerprint density at radius 2 is 2.13 bits per heavy atom. The first kappa shape index (κ1) is 11.1. The quantitative estimate of drug-likeness (QED) is 0.720. The van der Waals surface area contributed by atoms with E-state index < -0.39 is 0 Å². The minimum absolute atomic E-state index is 0.264. The molecule has 2 fully saturated rings. The number of aldehydes is 1. The minimum atomic E-state index is 0.264. The fourth-order valence-electron chi connectivity index (χ4n) is 3.31. The summed E-state index contributed by atoms with van der Waals surface area (Å²) in [6, 6.07) is 0.399. The average molecular weight is 211 g/mol. The minimum Gasteiger partial charge on any atom is -0.370 e. The summed E-state index contributed by atoms with van der Waals surface area (Å²) < 4.78 is 5.63. The predicted molar refractivity (Wildman–Crippen MR) is 58.5 cm³/mol. The van der Waals surface area contributed by atoms with E-state index in [1.165, 1.54) is 19.3 Å². The number of hydrogen-bond donors (Lipinski definition) is 1. The Labute approximate surface area is 91.4 Å². The van der Waals surface area contributed by atoms with Crippen molar-refractivity contribution in [3.05, 3.63) is 0 Å². The fourth-order valence-corrected chi connectivity index (χ4v) is 3.31. The maximum Gasteiger partial charge on any atom is 0.145 e. The van der Waals surface area contributed by atoms with Crippen molar-refractivity contribution < 1.29 is 9.53 Å². The largest absolute Gasteiger partial charge is 0.370 e. The highest BCUT2D eigenvalue weighted by Gasteiger charge is 2.37. The average Bonchev–Trinajstić information content (AvgIpc) is 2.25. The summed E-state index contributed by atoms with van der Waals surface area (Å²) in [5.41, 5.74) is 5.99. The van der Waals surface area contributed by atoms with Crippen molar-refractivity contribution in [2.24, 2.45) is 17.6 Å². The van der Waals surface area contributed by atoms with E-state index >= 15 is 0 Å². The number of nitrogens with two attached hydrogens (primary N) is 1. The Morgan fingerprint density at radius 1 is 1.27 bits per heavy atom. The van der Waals surface area contributed by atoms with Gasteiger partial charge in [-0.2, -0.15) is 0 Å². The molecular weight excluding hydrogens is 190 g/mol. The van der Waals surface area contributed by atoms with Gasteiger partial charge < -0.3 is 15.3 Å². The lowest BCUT2D eigenvalue weighted by atomic mass is 9.68. The summed E-state index contributed by atoms with van der Waals surface area (Å²) in [6.45, 7) is 0.264. The van der Waals surface area contributed by atoms with Crippen LogP contribution in [0.25, 0.3) is 0 Å². The lowest BCUT2D eigenvalue weighted by Crippen LogP contribution is -2.42. The number of rotatable bonds is 3. The van der Waals surface area contributed by atoms with Crippen molar-refractivity contribution in [3.8, 4) is 0 Å². The van der Waals surface area contributed by atoms with Crippen LogP contribution in [-0.4, -0.2) is 25.0 Å². The van der Waals surface area contributed by atoms with Gasteiger partial charge >= 0.3 is 0 Å². The molecule has 2 saturated carbocycles. The Hall–Kier alpha value is -0.410. The molecule has 0 spiro atoms. The molecule has 2 N–H and O–H groups in total. The predicted octanol–water partition coefficient (Wildman–Crippen LogP) is 1.50. The highest BCUT2D eigenvalue weighted by Crippen LogP contribution is 2.41. The van der Waals surface area contributed by atoms with Gasteiger partial charge in [-0.05, 0) is 43.9 Å². The van der Waals surface area contributed by atoms with Crippen LogP contribution >= 0.6 is 0 Å². The summed E-state index contributed by atoms with van der Waals surface area (Å²) in [5, 5.41) is 0. The lowest BCUT2D eigenvalue weighted by Gasteiger charge is -2.42. The molecular formula is C12H21NO2. The molecule has 2 aliphatic carbocycles. The molecule has 2 rings (SSSR count). The molecule has 86 valence electrons. The second-order valence-electron chi connectivity index (χ2n) is 4.97. The van der Waals surface area contributed by atoms with Gasteiger partial charge in [0.05, 0.1) is 6.10 Å². The zero-order chi connectivity index (χ0) is 10.7. The topological polar surface area (TPSA) is 52.3 Å². The van der Waals surface area contributed by atoms with E-state index in [0.717, 1.165) is 31.5 Å². The molecule has 3 nitrogen and oxygen atoms in total. The zero-order valence-corrected chi connectivity index (χ0v) is 9.23. The van der Waals surface area contributed by atoms with Crippen LogP contribution in [-0.2, 0) is 9.53 Å². The number of carbonyl (C=O) groups is 1. The highest BCUT2D eigenvalue weighted by atomic mass is 16.5. The number of fused-ring (bicyclic) bond motifs is 1. The molecule has 0 amide bonds. The van der Waals surface area contributed by atoms with Gasteiger partial charge in [0.1, 0.15) is 12.9 Å². The van der Waals surface area contributed by atoms with Gasteiger partial charge in [-0.1, -0.05) is 6.42 Å². The Balaban J connectivity index is 1.92. The lowest BCUT2D eigenvalue weighted by molar-refractivity contribution is -0.118. The van der Waals surface area contributed by atoms with E-state index in [1.54, 1.807) is 0 Å². The van der Waals surface area contributed by atoms with Crippen LogP contribution in [0.15, 0.2) is 0 Å². The highest BCUT2D eigenvalue weighted by molar-refractivity contribution is 5.50. The van der Waals surface area contributed by atoms with Crippen LogP contribution in [0.5, 0.6) is 0 Å². The first-order valence-electron chi connectivity index (χ1n) is 6.12. The van der Waals surface area contributed by atoms with E-state index in [4.69, 9.17) is 10.5 Å². The second-order valence-corrected chi connectivity index (χ2v) is 4.97. The van der Waals surface area contributed by atoms with Crippen molar-refractivity contribution in [2.45, 2.75) is 50.7 Å². The molecule has 2 aliphatic rings. The van der Waals surface area contributed by atoms with Crippen molar-refractivity contribution in [3.63, 3.8) is 0 Å². The molecule has 4 atom stereocenters. The molecule has 0 radical (unpaired) electrons. The molecule has 0 bridgehead atoms. The molecule has 0 saturated heterocycles. The Bertz CT molecular complexity index is 220. The van der Waals surface area contributed by atoms with Gasteiger partial charge in [-0.25, -0.2) is 0 Å². The number of carbonyl (C=O) groups excluding carboxylic acids is 1. The molecule has 4 unspecified atom stereocenters. The standard InChI is InChI=1S/C12H21NO2/c13-10-4-5-11-9(8-10)2-1-3-12(11)15-7-6-14/h6,9-12H,1-5,7-8,13H2. The SMILES string of the molecule is NC1CCC2C(CCCC2OCC=O)C1. The van der Waals surface area contributed by atoms with E-state index in [2.05, 4.69) is 0 Å². The van der Waals surface area contributed by atoms with E-state index in [-0.39, 0.29) is 6.61 Å². The van der Waals surface area contributed by atoms with E-state index in [9.17, 15) is 4.79 Å². The number of ether oxygens (including phenoxy) is 1. The smallest absolute Gasteiger partial charge is 0.145 e. The molecule has 3 heteroatoms. The van der Waals surface area contributed by atoms with Crippen LogP contribution in [0, 0.1) is 11.8 Å². The maximum atomic E-state index is 10.3. The normalized spacial score (nSPS) is 40.9. The Kier molecular flexibility index (Phi) is 3.76. The third-order valence-corrected chi connectivity index (χ3v) is 4.00. The van der Waals surface area contributed by atoms with Gasteiger partial charge in [0.2, 0.25) is 0 Å². The molecule has 0 aromatic carbocycles. The maximum absolute atomic E-state index is 10.3. The van der Waals surface area contributed by atoms with Gasteiger partial charge in [0.15, 0.2) is 0 Å². The molecule has 0 aliphatic heterocycles. The van der Waals surface area contributed by atoms with Crippen LogP contribution in [0.4, 0.5) is 0 Å². The first-order chi connectivity index (χ1) is 7.31. The van der Waals surface area contributed by atoms with Crippen LogP contribution in [0.1, 0.15) is 38.5 Å². The zero-order valence-electron chi connectivity index (χ0n) is 9.23. The second kappa shape index (κ2) is 5.08. The van der Waals surface area contributed by atoms with E-state index in [0.29, 0.717) is 18.1 Å². The van der Waals surface area contributed by atoms with Gasteiger partial charge in [-0.3, -0.25) is 0 Å². The molecule has 0 heterocycles. The fraction of sp³-hybridized carbons (Fsp3) is 0.917. The Morgan fingerprint density at radius 3 is 2.93 bits per heavy atom. The third kappa shape index (κ3) is 2.58. The van der Waals surface area contributed by atoms with Gasteiger partial charge in [0, 0.05) is 6.04 Å². The van der Waals surface area contributed by atoms with Crippen molar-refractivity contribution in [1.29, 1.82) is 0 Å². The van der Waals surface area contributed by atoms with Gasteiger partial charge in [-0.15, -0.1) is 0 Å². The summed E-state index contributed by atoms with van der Waals surface area (Å²) >= 11 is 0. The van der Waals surface area contributed by atoms with Crippen molar-refractivity contribution in [2.75, 3.05) is 6.61 Å². The third-order valence-electron chi connectivity index (χ3n) is 4.00. The molecule has 0 aromatic rings. The monoisotopic (exact) mass is 211 g/mol. The van der Waals surface area contributed by atoms with E-state index in [1.807, 2.05) is 0 Å². The van der Waals surface area contributed by atoms with Crippen LogP contribution < -0.4 is 5.73 Å². The molecule has 0 aromatic heterocycles. The molecule has 15 heavy (non-hydrogen) atoms. The van der Waals surface area contributed by atoms with Crippen LogP contribution in [0.3, 0.4) is 0 Å². The van der Waals surface area contributed by atoms with Crippen molar-refractivity contribution >= 4 is 6.29 Å². The number of hydrogen-bond acceptors (Lipinski definition) is 3. The first-order valence-corrected chi connectivity index (χ1v) is 6.12.